The molecule has 0 bridgehead atoms. The average Bonchev–Trinajstić information content (AvgIpc) is 2.21. The van der Waals surface area contributed by atoms with Gasteiger partial charge in [0.25, 0.3) is 0 Å². The van der Waals surface area contributed by atoms with Crippen LogP contribution in [0.1, 0.15) is 19.4 Å². The molecule has 0 aliphatic rings. The van der Waals surface area contributed by atoms with Gasteiger partial charge in [0.05, 0.1) is 5.69 Å². The number of halogens is 2. The van der Waals surface area contributed by atoms with Crippen molar-refractivity contribution in [2.75, 3.05) is 26.0 Å². The molecule has 0 unspecified atom stereocenters. The largest absolute Gasteiger partial charge is 0.375 e. The first kappa shape index (κ1) is 12.9. The number of anilines is 1. The molecule has 1 rings (SSSR count). The maximum absolute atomic E-state index is 13.7. The van der Waals surface area contributed by atoms with Gasteiger partial charge in [-0.15, -0.1) is 0 Å². The van der Waals surface area contributed by atoms with Crippen molar-refractivity contribution in [1.29, 1.82) is 0 Å². The van der Waals surface area contributed by atoms with Crippen LogP contribution in [0.25, 0.3) is 0 Å². The van der Waals surface area contributed by atoms with Crippen LogP contribution in [0.3, 0.4) is 0 Å². The molecule has 0 spiro atoms. The Bertz CT molecular complexity index is 387. The van der Waals surface area contributed by atoms with Crippen LogP contribution in [-0.2, 0) is 5.54 Å². The first-order chi connectivity index (χ1) is 7.31. The molecular weight excluding hydrogens is 210 g/mol. The number of hydrogen-bond acceptors (Lipinski definition) is 2. The van der Waals surface area contributed by atoms with Crippen LogP contribution in [0.4, 0.5) is 14.5 Å². The van der Waals surface area contributed by atoms with Gasteiger partial charge in [0.15, 0.2) is 11.6 Å². The van der Waals surface area contributed by atoms with Gasteiger partial charge >= 0.3 is 0 Å². The lowest BCUT2D eigenvalue weighted by molar-refractivity contribution is 0.436. The number of hydrogen-bond donors (Lipinski definition) is 1. The van der Waals surface area contributed by atoms with E-state index in [0.717, 1.165) is 11.6 Å². The summed E-state index contributed by atoms with van der Waals surface area (Å²) < 4.78 is 26.9. The zero-order valence-corrected chi connectivity index (χ0v) is 10.4. The van der Waals surface area contributed by atoms with Crippen molar-refractivity contribution in [1.82, 2.24) is 5.32 Å². The second kappa shape index (κ2) is 4.37. The average molecular weight is 228 g/mol. The smallest absolute Gasteiger partial charge is 0.182 e. The Hall–Kier alpha value is -1.16. The summed E-state index contributed by atoms with van der Waals surface area (Å²) >= 11 is 0. The predicted octanol–water partition coefficient (Wildman–Crippen LogP) is 2.49. The molecule has 1 N–H and O–H groups in total. The van der Waals surface area contributed by atoms with E-state index in [4.69, 9.17) is 0 Å². The summed E-state index contributed by atoms with van der Waals surface area (Å²) in [5.41, 5.74) is 0.618. The standard InChI is InChI=1S/C12H18F2N2/c1-12(2,15-3)8-6-7-9(13)10(14)11(8)16(4)5/h6-7,15H,1-5H3. The van der Waals surface area contributed by atoms with Gasteiger partial charge < -0.3 is 10.2 Å². The van der Waals surface area contributed by atoms with Crippen molar-refractivity contribution in [3.63, 3.8) is 0 Å². The van der Waals surface area contributed by atoms with Crippen molar-refractivity contribution in [3.05, 3.63) is 29.3 Å². The number of nitrogens with zero attached hydrogens (tertiary/aromatic N) is 1. The van der Waals surface area contributed by atoms with E-state index >= 15 is 0 Å². The van der Waals surface area contributed by atoms with Crippen LogP contribution in [0.2, 0.25) is 0 Å². The predicted molar refractivity (Wildman–Crippen MR) is 62.8 cm³/mol. The monoisotopic (exact) mass is 228 g/mol. The molecule has 0 aromatic heterocycles. The van der Waals surface area contributed by atoms with Crippen molar-refractivity contribution in [3.8, 4) is 0 Å². The van der Waals surface area contributed by atoms with Gasteiger partial charge in [0, 0.05) is 19.6 Å². The molecule has 4 heteroatoms. The summed E-state index contributed by atoms with van der Waals surface area (Å²) in [6.45, 7) is 3.85. The molecule has 0 heterocycles. The van der Waals surface area contributed by atoms with E-state index < -0.39 is 17.2 Å². The Balaban J connectivity index is 3.46. The van der Waals surface area contributed by atoms with Gasteiger partial charge in [-0.3, -0.25) is 0 Å². The van der Waals surface area contributed by atoms with Crippen molar-refractivity contribution in [2.45, 2.75) is 19.4 Å². The maximum Gasteiger partial charge on any atom is 0.182 e. The molecule has 0 saturated carbocycles. The Kier molecular flexibility index (Phi) is 3.53. The molecule has 0 fully saturated rings. The minimum absolute atomic E-state index is 0.291. The summed E-state index contributed by atoms with van der Waals surface area (Å²) in [4.78, 5) is 1.59. The zero-order valence-electron chi connectivity index (χ0n) is 10.4. The molecule has 1 aromatic carbocycles. The maximum atomic E-state index is 13.7. The third-order valence-electron chi connectivity index (χ3n) is 2.81. The lowest BCUT2D eigenvalue weighted by Gasteiger charge is -2.30. The highest BCUT2D eigenvalue weighted by Crippen LogP contribution is 2.32. The highest BCUT2D eigenvalue weighted by Gasteiger charge is 2.26. The van der Waals surface area contributed by atoms with E-state index in [-0.39, 0.29) is 0 Å². The number of nitrogens with one attached hydrogen (secondary N) is 1. The Labute approximate surface area is 95.3 Å². The molecule has 0 radical (unpaired) electrons. The van der Waals surface area contributed by atoms with Crippen LogP contribution >= 0.6 is 0 Å². The minimum Gasteiger partial charge on any atom is -0.375 e. The fourth-order valence-corrected chi connectivity index (χ4v) is 1.62. The van der Waals surface area contributed by atoms with E-state index in [0.29, 0.717) is 5.69 Å². The van der Waals surface area contributed by atoms with Gasteiger partial charge in [-0.05, 0) is 32.5 Å². The summed E-state index contributed by atoms with van der Waals surface area (Å²) in [6.07, 6.45) is 0. The van der Waals surface area contributed by atoms with E-state index in [2.05, 4.69) is 5.32 Å². The molecule has 0 amide bonds. The molecule has 1 aromatic rings. The normalized spacial score (nSPS) is 11.7. The fraction of sp³-hybridized carbons (Fsp3) is 0.500. The lowest BCUT2D eigenvalue weighted by atomic mass is 9.92. The first-order valence-corrected chi connectivity index (χ1v) is 5.16. The molecule has 0 aliphatic carbocycles. The molecule has 16 heavy (non-hydrogen) atoms. The van der Waals surface area contributed by atoms with E-state index in [1.165, 1.54) is 0 Å². The highest BCUT2D eigenvalue weighted by atomic mass is 19.2. The van der Waals surface area contributed by atoms with Crippen LogP contribution in [-0.4, -0.2) is 21.1 Å². The third kappa shape index (κ3) is 2.16. The van der Waals surface area contributed by atoms with Gasteiger partial charge in [-0.2, -0.15) is 0 Å². The Morgan fingerprint density at radius 2 is 1.75 bits per heavy atom. The van der Waals surface area contributed by atoms with Crippen LogP contribution < -0.4 is 10.2 Å². The van der Waals surface area contributed by atoms with E-state index in [1.54, 1.807) is 32.1 Å². The molecule has 0 saturated heterocycles. The van der Waals surface area contributed by atoms with Gasteiger partial charge in [-0.1, -0.05) is 6.07 Å². The quantitative estimate of drug-likeness (QED) is 0.855. The van der Waals surface area contributed by atoms with Crippen LogP contribution in [0.5, 0.6) is 0 Å². The van der Waals surface area contributed by atoms with Crippen molar-refractivity contribution >= 4 is 5.69 Å². The second-order valence-electron chi connectivity index (χ2n) is 4.53. The molecular formula is C12H18F2N2. The van der Waals surface area contributed by atoms with Crippen LogP contribution in [0, 0.1) is 11.6 Å². The fourth-order valence-electron chi connectivity index (χ4n) is 1.62. The van der Waals surface area contributed by atoms with Gasteiger partial charge in [-0.25, -0.2) is 8.78 Å². The van der Waals surface area contributed by atoms with Gasteiger partial charge in [0.1, 0.15) is 0 Å². The first-order valence-electron chi connectivity index (χ1n) is 5.16. The van der Waals surface area contributed by atoms with E-state index in [9.17, 15) is 8.78 Å². The molecule has 0 aliphatic heterocycles. The topological polar surface area (TPSA) is 15.3 Å². The number of rotatable bonds is 3. The SMILES string of the molecule is CNC(C)(C)c1ccc(F)c(F)c1N(C)C. The highest BCUT2D eigenvalue weighted by molar-refractivity contribution is 5.56. The molecule has 90 valence electrons. The van der Waals surface area contributed by atoms with Crippen molar-refractivity contribution in [2.24, 2.45) is 0 Å². The van der Waals surface area contributed by atoms with Gasteiger partial charge in [0.2, 0.25) is 0 Å². The molecule has 0 atom stereocenters. The minimum atomic E-state index is -0.820. The summed E-state index contributed by atoms with van der Waals surface area (Å²) in [7, 11) is 5.20. The Morgan fingerprint density at radius 1 is 1.19 bits per heavy atom. The van der Waals surface area contributed by atoms with Crippen LogP contribution in [0.15, 0.2) is 12.1 Å². The zero-order chi connectivity index (χ0) is 12.5. The van der Waals surface area contributed by atoms with E-state index in [1.807, 2.05) is 13.8 Å². The summed E-state index contributed by atoms with van der Waals surface area (Å²) in [5, 5.41) is 3.08. The third-order valence-corrected chi connectivity index (χ3v) is 2.81. The molecule has 2 nitrogen and oxygen atoms in total. The summed E-state index contributed by atoms with van der Waals surface area (Å²) in [5.74, 6) is -1.62. The summed E-state index contributed by atoms with van der Waals surface area (Å²) in [6, 6.07) is 2.78. The lowest BCUT2D eigenvalue weighted by Crippen LogP contribution is -2.35. The van der Waals surface area contributed by atoms with Crippen molar-refractivity contribution < 1.29 is 8.78 Å². The Morgan fingerprint density at radius 3 is 2.19 bits per heavy atom. The second-order valence-corrected chi connectivity index (χ2v) is 4.53. The number of benzene rings is 1.